The number of methoxy groups -OCH3 is 2. The lowest BCUT2D eigenvalue weighted by atomic mass is 10.0. The minimum Gasteiger partial charge on any atom is -0.496 e. The second kappa shape index (κ2) is 19.4. The molecule has 1 atom stereocenters. The normalized spacial score (nSPS) is 12.1. The topological polar surface area (TPSA) is 50.7 Å². The van der Waals surface area contributed by atoms with Gasteiger partial charge < -0.3 is 19.9 Å². The van der Waals surface area contributed by atoms with Crippen LogP contribution < -0.4 is 14.8 Å². The number of unbranched alkanes of at least 4 members (excludes halogenated alkanes) is 11. The molecule has 0 heterocycles. The average molecular weight is 436 g/mol. The summed E-state index contributed by atoms with van der Waals surface area (Å²) in [6, 6.07) is 6.00. The number of rotatable bonds is 21. The molecular weight excluding hydrogens is 386 g/mol. The average Bonchev–Trinajstić information content (AvgIpc) is 2.79. The Bertz CT molecular complexity index is 513. The summed E-state index contributed by atoms with van der Waals surface area (Å²) in [5.74, 6) is 1.86. The lowest BCUT2D eigenvalue weighted by molar-refractivity contribution is 0.158. The van der Waals surface area contributed by atoms with Crippen LogP contribution in [0.4, 0.5) is 0 Å². The van der Waals surface area contributed by atoms with Gasteiger partial charge >= 0.3 is 0 Å². The summed E-state index contributed by atoms with van der Waals surface area (Å²) in [6.45, 7) is 4.05. The first-order valence-corrected chi connectivity index (χ1v) is 12.8. The quantitative estimate of drug-likeness (QED) is 0.212. The molecule has 0 aliphatic rings. The van der Waals surface area contributed by atoms with E-state index in [0.717, 1.165) is 43.9 Å². The van der Waals surface area contributed by atoms with Crippen LogP contribution in [0.5, 0.6) is 11.5 Å². The molecule has 1 unspecified atom stereocenters. The van der Waals surface area contributed by atoms with Crippen LogP contribution in [-0.2, 0) is 6.42 Å². The Hall–Kier alpha value is -1.26. The fraction of sp³-hybridized carbons (Fsp3) is 0.778. The van der Waals surface area contributed by atoms with E-state index in [0.29, 0.717) is 0 Å². The molecule has 1 aromatic carbocycles. The van der Waals surface area contributed by atoms with Crippen molar-refractivity contribution in [1.29, 1.82) is 0 Å². The van der Waals surface area contributed by atoms with E-state index >= 15 is 0 Å². The van der Waals surface area contributed by atoms with Gasteiger partial charge in [-0.25, -0.2) is 0 Å². The van der Waals surface area contributed by atoms with Crippen LogP contribution in [0.15, 0.2) is 18.2 Å². The minimum atomic E-state index is -0.184. The molecule has 0 spiro atoms. The van der Waals surface area contributed by atoms with Gasteiger partial charge in [0.2, 0.25) is 0 Å². The molecule has 0 radical (unpaired) electrons. The van der Waals surface area contributed by atoms with Crippen LogP contribution in [0.1, 0.15) is 102 Å². The zero-order valence-electron chi connectivity index (χ0n) is 20.6. The van der Waals surface area contributed by atoms with Crippen molar-refractivity contribution >= 4 is 0 Å². The van der Waals surface area contributed by atoms with Crippen LogP contribution in [0.2, 0.25) is 0 Å². The third kappa shape index (κ3) is 13.7. The van der Waals surface area contributed by atoms with E-state index < -0.39 is 0 Å². The van der Waals surface area contributed by atoms with Gasteiger partial charge in [-0.2, -0.15) is 0 Å². The Labute approximate surface area is 192 Å². The first kappa shape index (κ1) is 27.8. The Balaban J connectivity index is 1.93. The Morgan fingerprint density at radius 2 is 1.32 bits per heavy atom. The molecule has 4 heteroatoms. The second-order valence-electron chi connectivity index (χ2n) is 8.78. The van der Waals surface area contributed by atoms with Crippen molar-refractivity contribution in [2.24, 2.45) is 0 Å². The number of nitrogens with one attached hydrogen (secondary N) is 1. The van der Waals surface area contributed by atoms with E-state index in [-0.39, 0.29) is 6.10 Å². The molecule has 0 amide bonds. The van der Waals surface area contributed by atoms with Gasteiger partial charge in [0.15, 0.2) is 0 Å². The minimum absolute atomic E-state index is 0.184. The van der Waals surface area contributed by atoms with Gasteiger partial charge in [-0.15, -0.1) is 0 Å². The maximum absolute atomic E-state index is 10.1. The Kier molecular flexibility index (Phi) is 17.4. The van der Waals surface area contributed by atoms with Gasteiger partial charge in [-0.1, -0.05) is 83.6 Å². The summed E-state index contributed by atoms with van der Waals surface area (Å²) in [4.78, 5) is 0. The van der Waals surface area contributed by atoms with Crippen molar-refractivity contribution in [2.75, 3.05) is 27.3 Å². The number of aliphatic hydroxyl groups is 1. The number of aliphatic hydroxyl groups excluding tert-OH is 1. The van der Waals surface area contributed by atoms with Crippen molar-refractivity contribution in [1.82, 2.24) is 5.32 Å². The van der Waals surface area contributed by atoms with Gasteiger partial charge in [0.1, 0.15) is 11.5 Å². The van der Waals surface area contributed by atoms with Crippen LogP contribution in [0, 0.1) is 0 Å². The lowest BCUT2D eigenvalue weighted by Crippen LogP contribution is -2.27. The molecule has 31 heavy (non-hydrogen) atoms. The summed E-state index contributed by atoms with van der Waals surface area (Å²) in [5, 5.41) is 13.5. The number of hydrogen-bond acceptors (Lipinski definition) is 4. The molecule has 1 aromatic rings. The zero-order valence-corrected chi connectivity index (χ0v) is 20.6. The number of benzene rings is 1. The van der Waals surface area contributed by atoms with E-state index in [4.69, 9.17) is 9.47 Å². The third-order valence-electron chi connectivity index (χ3n) is 6.08. The van der Waals surface area contributed by atoms with E-state index in [1.54, 1.807) is 14.2 Å². The molecule has 2 N–H and O–H groups in total. The van der Waals surface area contributed by atoms with Crippen molar-refractivity contribution < 1.29 is 14.6 Å². The molecule has 1 rings (SSSR count). The summed E-state index contributed by atoms with van der Waals surface area (Å²) in [6.07, 6.45) is 18.3. The van der Waals surface area contributed by atoms with E-state index in [9.17, 15) is 5.11 Å². The van der Waals surface area contributed by atoms with E-state index in [1.807, 2.05) is 18.2 Å². The van der Waals surface area contributed by atoms with Gasteiger partial charge in [-0.3, -0.25) is 0 Å². The van der Waals surface area contributed by atoms with Crippen LogP contribution >= 0.6 is 0 Å². The van der Waals surface area contributed by atoms with Crippen LogP contribution in [0.25, 0.3) is 0 Å². The molecule has 0 bridgehead atoms. The van der Waals surface area contributed by atoms with Crippen molar-refractivity contribution in [3.8, 4) is 11.5 Å². The molecule has 180 valence electrons. The molecule has 0 aromatic heterocycles. The van der Waals surface area contributed by atoms with E-state index in [1.165, 1.54) is 82.6 Å². The summed E-state index contributed by atoms with van der Waals surface area (Å²) >= 11 is 0. The summed E-state index contributed by atoms with van der Waals surface area (Å²) in [7, 11) is 3.45. The largest absolute Gasteiger partial charge is 0.496 e. The van der Waals surface area contributed by atoms with Gasteiger partial charge in [0.05, 0.1) is 20.3 Å². The highest BCUT2D eigenvalue weighted by atomic mass is 16.5. The van der Waals surface area contributed by atoms with Crippen molar-refractivity contribution in [3.63, 3.8) is 0 Å². The van der Waals surface area contributed by atoms with Crippen LogP contribution in [-0.4, -0.2) is 38.5 Å². The monoisotopic (exact) mass is 435 g/mol. The molecule has 0 saturated heterocycles. The lowest BCUT2D eigenvalue weighted by Gasteiger charge is -2.13. The van der Waals surface area contributed by atoms with Crippen LogP contribution in [0.3, 0.4) is 0 Å². The molecule has 4 nitrogen and oxygen atoms in total. The molecule has 0 saturated carbocycles. The first-order valence-electron chi connectivity index (χ1n) is 12.8. The standard InChI is InChI=1S/C27H49NO3/c1-4-5-6-7-13-16-22-28-23-24(29)18-14-11-9-8-10-12-15-19-25-26(30-2)20-17-21-27(25)31-3/h17,20-21,24,28-29H,4-16,18-19,22-23H2,1-3H3. The predicted molar refractivity (Wildman–Crippen MR) is 132 cm³/mol. The van der Waals surface area contributed by atoms with Gasteiger partial charge in [0.25, 0.3) is 0 Å². The maximum Gasteiger partial charge on any atom is 0.125 e. The second-order valence-corrected chi connectivity index (χ2v) is 8.78. The van der Waals surface area contributed by atoms with Gasteiger partial charge in [-0.05, 0) is 44.4 Å². The highest BCUT2D eigenvalue weighted by molar-refractivity contribution is 5.44. The van der Waals surface area contributed by atoms with Crippen molar-refractivity contribution in [3.05, 3.63) is 23.8 Å². The molecular formula is C27H49NO3. The maximum atomic E-state index is 10.1. The SMILES string of the molecule is CCCCCCCCNCC(O)CCCCCCCCCc1c(OC)cccc1OC. The highest BCUT2D eigenvalue weighted by Gasteiger charge is 2.09. The third-order valence-corrected chi connectivity index (χ3v) is 6.08. The summed E-state index contributed by atoms with van der Waals surface area (Å²) in [5.41, 5.74) is 1.19. The smallest absolute Gasteiger partial charge is 0.125 e. The number of ether oxygens (including phenoxy) is 2. The number of hydrogen-bond donors (Lipinski definition) is 2. The summed E-state index contributed by atoms with van der Waals surface area (Å²) < 4.78 is 11.0. The zero-order chi connectivity index (χ0) is 22.6. The molecule has 0 fully saturated rings. The molecule has 0 aliphatic heterocycles. The predicted octanol–water partition coefficient (Wildman–Crippen LogP) is 6.68. The Morgan fingerprint density at radius 3 is 1.94 bits per heavy atom. The van der Waals surface area contributed by atoms with Crippen molar-refractivity contribution in [2.45, 2.75) is 109 Å². The fourth-order valence-electron chi connectivity index (χ4n) is 4.14. The van der Waals surface area contributed by atoms with Gasteiger partial charge in [0, 0.05) is 12.1 Å². The van der Waals surface area contributed by atoms with E-state index in [2.05, 4.69) is 12.2 Å². The molecule has 0 aliphatic carbocycles. The fourth-order valence-corrected chi connectivity index (χ4v) is 4.14. The highest BCUT2D eigenvalue weighted by Crippen LogP contribution is 2.30. The first-order chi connectivity index (χ1) is 15.2. The Morgan fingerprint density at radius 1 is 0.774 bits per heavy atom.